The van der Waals surface area contributed by atoms with Crippen molar-refractivity contribution in [2.24, 2.45) is 10.8 Å². The summed E-state index contributed by atoms with van der Waals surface area (Å²) >= 11 is 0. The number of esters is 2. The number of alkyl halides is 3. The van der Waals surface area contributed by atoms with Gasteiger partial charge in [0.05, 0.1) is 15.7 Å². The lowest BCUT2D eigenvalue weighted by Crippen LogP contribution is -2.27. The third-order valence-corrected chi connectivity index (χ3v) is 6.41. The lowest BCUT2D eigenvalue weighted by molar-refractivity contribution is -0.143. The average molecular weight is 529 g/mol. The van der Waals surface area contributed by atoms with Crippen molar-refractivity contribution < 1.29 is 45.1 Å². The first-order valence-corrected chi connectivity index (χ1v) is 12.0. The number of carbonyl (C=O) groups excluding carboxylic acids is 2. The molecular formula is C24H23F3O8S. The fraction of sp³-hybridized carbons (Fsp3) is 0.375. The summed E-state index contributed by atoms with van der Waals surface area (Å²) in [4.78, 5) is 37.2. The Kier molecular flexibility index (Phi) is 6.50. The number of rotatable bonds is 3. The van der Waals surface area contributed by atoms with Crippen LogP contribution in [0.5, 0.6) is 11.5 Å². The Morgan fingerprint density at radius 1 is 0.806 bits per heavy atom. The summed E-state index contributed by atoms with van der Waals surface area (Å²) in [5.74, 6) is -2.57. The van der Waals surface area contributed by atoms with Crippen molar-refractivity contribution in [2.75, 3.05) is 0 Å². The maximum Gasteiger partial charge on any atom is 0.501 e. The molecule has 8 nitrogen and oxygen atoms in total. The van der Waals surface area contributed by atoms with Crippen molar-refractivity contribution in [3.63, 3.8) is 0 Å². The van der Waals surface area contributed by atoms with E-state index in [0.717, 1.165) is 0 Å². The fourth-order valence-corrected chi connectivity index (χ4v) is 3.69. The van der Waals surface area contributed by atoms with E-state index in [-0.39, 0.29) is 16.7 Å². The molecule has 0 saturated carbocycles. The van der Waals surface area contributed by atoms with Crippen LogP contribution in [0.3, 0.4) is 0 Å². The fourth-order valence-electron chi connectivity index (χ4n) is 2.89. The molecule has 2 aromatic carbocycles. The van der Waals surface area contributed by atoms with Crippen molar-refractivity contribution in [2.45, 2.75) is 51.9 Å². The Bertz CT molecular complexity index is 1550. The van der Waals surface area contributed by atoms with Gasteiger partial charge in [0.25, 0.3) is 9.84 Å². The molecule has 12 heteroatoms. The largest absolute Gasteiger partial charge is 0.501 e. The summed E-state index contributed by atoms with van der Waals surface area (Å²) in [6, 6.07) is 4.95. The summed E-state index contributed by atoms with van der Waals surface area (Å²) in [6.07, 6.45) is 0. The van der Waals surface area contributed by atoms with Gasteiger partial charge in [-0.15, -0.1) is 0 Å². The van der Waals surface area contributed by atoms with E-state index in [1.165, 1.54) is 39.0 Å². The number of hydrogen-bond acceptors (Lipinski definition) is 8. The second kappa shape index (κ2) is 8.61. The van der Waals surface area contributed by atoms with Crippen molar-refractivity contribution in [3.8, 4) is 11.5 Å². The predicted octanol–water partition coefficient (Wildman–Crippen LogP) is 5.14. The number of halogens is 3. The molecule has 36 heavy (non-hydrogen) atoms. The number of benzene rings is 2. The predicted molar refractivity (Wildman–Crippen MR) is 123 cm³/mol. The normalized spacial score (nSPS) is 13.1. The molecule has 194 valence electrons. The highest BCUT2D eigenvalue weighted by atomic mass is 32.2. The highest BCUT2D eigenvalue weighted by Crippen LogP contribution is 2.38. The Labute approximate surface area is 203 Å². The van der Waals surface area contributed by atoms with E-state index in [9.17, 15) is 36.0 Å². The van der Waals surface area contributed by atoms with Crippen LogP contribution in [0.4, 0.5) is 13.2 Å². The van der Waals surface area contributed by atoms with Crippen molar-refractivity contribution >= 4 is 43.7 Å². The average Bonchev–Trinajstić information content (AvgIpc) is 2.71. The molecule has 3 aromatic rings. The third kappa shape index (κ3) is 4.95. The van der Waals surface area contributed by atoms with Gasteiger partial charge in [0, 0.05) is 12.1 Å². The number of carbonyl (C=O) groups is 2. The number of sulfone groups is 1. The minimum atomic E-state index is -5.89. The van der Waals surface area contributed by atoms with Gasteiger partial charge in [0.1, 0.15) is 33.4 Å². The second-order valence-corrected chi connectivity index (χ2v) is 12.0. The molecular weight excluding hydrogens is 505 g/mol. The molecule has 3 rings (SSSR count). The zero-order chi connectivity index (χ0) is 27.4. The van der Waals surface area contributed by atoms with Crippen LogP contribution in [-0.2, 0) is 19.4 Å². The number of ether oxygens (including phenoxy) is 2. The van der Waals surface area contributed by atoms with Gasteiger partial charge in [-0.1, -0.05) is 6.07 Å². The summed E-state index contributed by atoms with van der Waals surface area (Å²) in [6.45, 7) is 9.13. The van der Waals surface area contributed by atoms with Gasteiger partial charge in [-0.25, -0.2) is 8.42 Å². The van der Waals surface area contributed by atoms with Crippen LogP contribution in [0.1, 0.15) is 41.5 Å². The summed E-state index contributed by atoms with van der Waals surface area (Å²) in [5.41, 5.74) is -9.44. The zero-order valence-electron chi connectivity index (χ0n) is 20.2. The number of fused-ring (bicyclic) bond motifs is 2. The minimum absolute atomic E-state index is 0.192. The standard InChI is InChI=1S/C24H23F3O8S/c1-22(2,3)20(29)34-14-9-7-8-13-17(14)19(28)18-15(33-13)10-12(36(31,32)24(25,26)27)11-16(18)35-21(30)23(4,5)6/h7-11H,1-6H3. The van der Waals surface area contributed by atoms with Crippen LogP contribution >= 0.6 is 0 Å². The van der Waals surface area contributed by atoms with Gasteiger partial charge < -0.3 is 13.9 Å². The molecule has 1 aromatic heterocycles. The minimum Gasteiger partial charge on any atom is -0.455 e. The summed E-state index contributed by atoms with van der Waals surface area (Å²) < 4.78 is 80.2. The van der Waals surface area contributed by atoms with E-state index in [1.54, 1.807) is 20.8 Å². The molecule has 0 radical (unpaired) electrons. The van der Waals surface area contributed by atoms with E-state index in [2.05, 4.69) is 0 Å². The molecule has 0 amide bonds. The quantitative estimate of drug-likeness (QED) is 0.261. The zero-order valence-corrected chi connectivity index (χ0v) is 21.0. The van der Waals surface area contributed by atoms with Gasteiger partial charge >= 0.3 is 17.4 Å². The summed E-state index contributed by atoms with van der Waals surface area (Å²) in [5, 5.41) is -0.748. The van der Waals surface area contributed by atoms with Crippen LogP contribution in [-0.4, -0.2) is 25.9 Å². The van der Waals surface area contributed by atoms with Gasteiger partial charge in [-0.3, -0.25) is 14.4 Å². The smallest absolute Gasteiger partial charge is 0.455 e. The molecule has 0 bridgehead atoms. The maximum absolute atomic E-state index is 13.5. The SMILES string of the molecule is CC(C)(C)C(=O)Oc1cccc2oc3cc(S(=O)(=O)C(F)(F)F)cc(OC(=O)C(C)(C)C)c3c(=O)c12. The Hall–Kier alpha value is -3.41. The Morgan fingerprint density at radius 2 is 1.31 bits per heavy atom. The molecule has 0 fully saturated rings. The number of hydrogen-bond donors (Lipinski definition) is 0. The molecule has 0 aliphatic carbocycles. The highest BCUT2D eigenvalue weighted by molar-refractivity contribution is 7.92. The van der Waals surface area contributed by atoms with Crippen molar-refractivity contribution in [1.29, 1.82) is 0 Å². The van der Waals surface area contributed by atoms with Gasteiger partial charge in [-0.05, 0) is 53.7 Å². The van der Waals surface area contributed by atoms with Crippen LogP contribution in [0.15, 0.2) is 44.4 Å². The van der Waals surface area contributed by atoms with E-state index >= 15 is 0 Å². The Balaban J connectivity index is 2.42. The monoisotopic (exact) mass is 528 g/mol. The van der Waals surface area contributed by atoms with E-state index in [0.29, 0.717) is 12.1 Å². The molecule has 0 N–H and O–H groups in total. The third-order valence-electron chi connectivity index (χ3n) is 4.95. The molecule has 0 spiro atoms. The van der Waals surface area contributed by atoms with E-state index in [4.69, 9.17) is 13.9 Å². The van der Waals surface area contributed by atoms with Crippen LogP contribution in [0.2, 0.25) is 0 Å². The topological polar surface area (TPSA) is 117 Å². The Morgan fingerprint density at radius 3 is 1.81 bits per heavy atom. The van der Waals surface area contributed by atoms with Gasteiger partial charge in [0.2, 0.25) is 5.43 Å². The van der Waals surface area contributed by atoms with Crippen LogP contribution < -0.4 is 14.9 Å². The van der Waals surface area contributed by atoms with Gasteiger partial charge in [-0.2, -0.15) is 13.2 Å². The van der Waals surface area contributed by atoms with Gasteiger partial charge in [0.15, 0.2) is 0 Å². The van der Waals surface area contributed by atoms with Crippen molar-refractivity contribution in [1.82, 2.24) is 0 Å². The lowest BCUT2D eigenvalue weighted by Gasteiger charge is -2.19. The van der Waals surface area contributed by atoms with Crippen LogP contribution in [0, 0.1) is 10.8 Å². The first-order valence-electron chi connectivity index (χ1n) is 10.5. The van der Waals surface area contributed by atoms with E-state index in [1.807, 2.05) is 0 Å². The molecule has 0 aliphatic rings. The molecule has 1 heterocycles. The van der Waals surface area contributed by atoms with Crippen molar-refractivity contribution in [3.05, 3.63) is 40.6 Å². The highest BCUT2D eigenvalue weighted by Gasteiger charge is 2.47. The van der Waals surface area contributed by atoms with Crippen LogP contribution in [0.25, 0.3) is 21.9 Å². The first-order chi connectivity index (χ1) is 16.2. The summed E-state index contributed by atoms with van der Waals surface area (Å²) in [7, 11) is -5.89. The molecule has 0 saturated heterocycles. The molecule has 0 atom stereocenters. The second-order valence-electron chi connectivity index (χ2n) is 10.1. The molecule has 0 unspecified atom stereocenters. The maximum atomic E-state index is 13.5. The van der Waals surface area contributed by atoms with E-state index < -0.39 is 65.2 Å². The first kappa shape index (κ1) is 27.2. The molecule has 0 aliphatic heterocycles. The lowest BCUT2D eigenvalue weighted by atomic mass is 9.97.